The summed E-state index contributed by atoms with van der Waals surface area (Å²) in [4.78, 5) is 0. The van der Waals surface area contributed by atoms with Crippen molar-refractivity contribution in [2.24, 2.45) is 0 Å². The van der Waals surface area contributed by atoms with Gasteiger partial charge >= 0.3 is 0 Å². The van der Waals surface area contributed by atoms with Crippen molar-refractivity contribution in [1.29, 1.82) is 0 Å². The van der Waals surface area contributed by atoms with Crippen LogP contribution in [0.3, 0.4) is 0 Å². The maximum Gasteiger partial charge on any atom is 0.160 e. The molecule has 19 heavy (non-hydrogen) atoms. The second-order valence-electron chi connectivity index (χ2n) is 4.85. The molecule has 0 aliphatic carbocycles. The maximum absolute atomic E-state index is 5.43. The molecule has 0 aliphatic rings. The Balaban J connectivity index is 2.78. The van der Waals surface area contributed by atoms with Crippen LogP contribution in [0.25, 0.3) is 0 Å². The zero-order valence-electron chi connectivity index (χ0n) is 12.8. The van der Waals surface area contributed by atoms with Gasteiger partial charge in [0, 0.05) is 32.2 Å². The van der Waals surface area contributed by atoms with Crippen molar-refractivity contribution < 1.29 is 9.47 Å². The van der Waals surface area contributed by atoms with Gasteiger partial charge in [-0.2, -0.15) is 5.10 Å². The SMILES string of the molecule is CCCn1ncc(OC)c1C(C)C(C)NCCOC. The third kappa shape index (κ3) is 4.21. The van der Waals surface area contributed by atoms with Crippen LogP contribution in [0.15, 0.2) is 6.20 Å². The summed E-state index contributed by atoms with van der Waals surface area (Å²) >= 11 is 0. The molecule has 1 aromatic heterocycles. The first-order valence-corrected chi connectivity index (χ1v) is 6.97. The van der Waals surface area contributed by atoms with Crippen LogP contribution in [-0.2, 0) is 11.3 Å². The summed E-state index contributed by atoms with van der Waals surface area (Å²) in [5, 5.41) is 7.89. The molecule has 1 aromatic rings. The molecule has 110 valence electrons. The van der Waals surface area contributed by atoms with E-state index < -0.39 is 0 Å². The van der Waals surface area contributed by atoms with Crippen LogP contribution in [0, 0.1) is 0 Å². The first-order valence-electron chi connectivity index (χ1n) is 6.97. The van der Waals surface area contributed by atoms with Gasteiger partial charge in [0.2, 0.25) is 0 Å². The summed E-state index contributed by atoms with van der Waals surface area (Å²) in [6.07, 6.45) is 2.87. The highest BCUT2D eigenvalue weighted by molar-refractivity contribution is 5.29. The normalized spacial score (nSPS) is 14.4. The standard InChI is InChI=1S/C14H27N3O2/c1-6-8-17-14(13(19-5)10-16-17)11(2)12(3)15-7-9-18-4/h10-12,15H,6-9H2,1-5H3. The van der Waals surface area contributed by atoms with Crippen molar-refractivity contribution in [2.75, 3.05) is 27.4 Å². The van der Waals surface area contributed by atoms with Gasteiger partial charge in [-0.25, -0.2) is 0 Å². The lowest BCUT2D eigenvalue weighted by atomic mass is 9.99. The summed E-state index contributed by atoms with van der Waals surface area (Å²) in [6, 6.07) is 0.344. The van der Waals surface area contributed by atoms with Gasteiger partial charge in [-0.3, -0.25) is 4.68 Å². The molecule has 1 N–H and O–H groups in total. The number of aryl methyl sites for hydroxylation is 1. The highest BCUT2D eigenvalue weighted by atomic mass is 16.5. The van der Waals surface area contributed by atoms with E-state index in [0.29, 0.717) is 12.0 Å². The number of nitrogens with zero attached hydrogens (tertiary/aromatic N) is 2. The van der Waals surface area contributed by atoms with E-state index in [0.717, 1.165) is 31.9 Å². The third-order valence-electron chi connectivity index (χ3n) is 3.45. The Labute approximate surface area is 116 Å². The predicted molar refractivity (Wildman–Crippen MR) is 76.8 cm³/mol. The van der Waals surface area contributed by atoms with Crippen molar-refractivity contribution in [3.05, 3.63) is 11.9 Å². The van der Waals surface area contributed by atoms with Gasteiger partial charge in [-0.05, 0) is 13.3 Å². The number of methoxy groups -OCH3 is 2. The van der Waals surface area contributed by atoms with Crippen LogP contribution < -0.4 is 10.1 Å². The molecule has 0 radical (unpaired) electrons. The van der Waals surface area contributed by atoms with Gasteiger partial charge in [0.1, 0.15) is 0 Å². The predicted octanol–water partition coefficient (Wildman–Crippen LogP) is 2.03. The van der Waals surface area contributed by atoms with Gasteiger partial charge in [0.25, 0.3) is 0 Å². The topological polar surface area (TPSA) is 48.3 Å². The third-order valence-corrected chi connectivity index (χ3v) is 3.45. The highest BCUT2D eigenvalue weighted by Gasteiger charge is 2.22. The summed E-state index contributed by atoms with van der Waals surface area (Å²) in [6.45, 7) is 9.05. The molecular formula is C14H27N3O2. The van der Waals surface area contributed by atoms with Gasteiger partial charge in [0.05, 0.1) is 25.6 Å². The number of nitrogens with one attached hydrogen (secondary N) is 1. The van der Waals surface area contributed by atoms with E-state index in [1.165, 1.54) is 5.69 Å². The second kappa shape index (κ2) is 8.17. The lowest BCUT2D eigenvalue weighted by molar-refractivity contribution is 0.194. The number of hydrogen-bond donors (Lipinski definition) is 1. The van der Waals surface area contributed by atoms with E-state index in [2.05, 4.69) is 35.9 Å². The fourth-order valence-electron chi connectivity index (χ4n) is 2.19. The smallest absolute Gasteiger partial charge is 0.160 e. The molecule has 5 nitrogen and oxygen atoms in total. The first-order chi connectivity index (χ1) is 9.15. The Morgan fingerprint density at radius 2 is 2.11 bits per heavy atom. The van der Waals surface area contributed by atoms with E-state index in [-0.39, 0.29) is 0 Å². The number of aromatic nitrogens is 2. The molecule has 0 aliphatic heterocycles. The van der Waals surface area contributed by atoms with Crippen LogP contribution in [0.2, 0.25) is 0 Å². The molecule has 0 amide bonds. The monoisotopic (exact) mass is 269 g/mol. The van der Waals surface area contributed by atoms with Crippen molar-refractivity contribution in [3.63, 3.8) is 0 Å². The van der Waals surface area contributed by atoms with E-state index in [1.807, 2.05) is 6.20 Å². The lowest BCUT2D eigenvalue weighted by Crippen LogP contribution is -2.34. The van der Waals surface area contributed by atoms with Crippen LogP contribution in [0.4, 0.5) is 0 Å². The Bertz CT molecular complexity index is 366. The lowest BCUT2D eigenvalue weighted by Gasteiger charge is -2.23. The minimum absolute atomic E-state index is 0.334. The van der Waals surface area contributed by atoms with E-state index in [4.69, 9.17) is 9.47 Å². The van der Waals surface area contributed by atoms with Crippen LogP contribution >= 0.6 is 0 Å². The fraction of sp³-hybridized carbons (Fsp3) is 0.786. The second-order valence-corrected chi connectivity index (χ2v) is 4.85. The van der Waals surface area contributed by atoms with Gasteiger partial charge in [-0.1, -0.05) is 13.8 Å². The molecule has 0 aromatic carbocycles. The quantitative estimate of drug-likeness (QED) is 0.697. The molecular weight excluding hydrogens is 242 g/mol. The van der Waals surface area contributed by atoms with Crippen molar-refractivity contribution in [1.82, 2.24) is 15.1 Å². The summed E-state index contributed by atoms with van der Waals surface area (Å²) in [5.74, 6) is 1.21. The Kier molecular flexibility index (Phi) is 6.87. The number of rotatable bonds is 9. The van der Waals surface area contributed by atoms with Crippen LogP contribution in [0.1, 0.15) is 38.8 Å². The van der Waals surface area contributed by atoms with Crippen molar-refractivity contribution in [3.8, 4) is 5.75 Å². The molecule has 1 rings (SSSR count). The molecule has 0 spiro atoms. The molecule has 0 bridgehead atoms. The molecule has 5 heteroatoms. The molecule has 2 atom stereocenters. The molecule has 0 saturated heterocycles. The van der Waals surface area contributed by atoms with E-state index in [9.17, 15) is 0 Å². The van der Waals surface area contributed by atoms with Gasteiger partial charge in [-0.15, -0.1) is 0 Å². The Morgan fingerprint density at radius 1 is 1.37 bits per heavy atom. The Hall–Kier alpha value is -1.07. The average Bonchev–Trinajstić information content (AvgIpc) is 2.81. The van der Waals surface area contributed by atoms with E-state index in [1.54, 1.807) is 14.2 Å². The summed E-state index contributed by atoms with van der Waals surface area (Å²) in [5.41, 5.74) is 1.17. The molecule has 1 heterocycles. The first kappa shape index (κ1) is 16.0. The maximum atomic E-state index is 5.43. The average molecular weight is 269 g/mol. The highest BCUT2D eigenvalue weighted by Crippen LogP contribution is 2.28. The molecule has 0 fully saturated rings. The zero-order chi connectivity index (χ0) is 14.3. The number of ether oxygens (including phenoxy) is 2. The molecule has 0 saturated carbocycles. The minimum atomic E-state index is 0.334. The van der Waals surface area contributed by atoms with Crippen LogP contribution in [-0.4, -0.2) is 43.2 Å². The summed E-state index contributed by atoms with van der Waals surface area (Å²) < 4.78 is 12.6. The minimum Gasteiger partial charge on any atom is -0.493 e. The van der Waals surface area contributed by atoms with Gasteiger partial charge < -0.3 is 14.8 Å². The van der Waals surface area contributed by atoms with Crippen molar-refractivity contribution in [2.45, 2.75) is 45.7 Å². The fourth-order valence-corrected chi connectivity index (χ4v) is 2.19. The zero-order valence-corrected chi connectivity index (χ0v) is 12.8. The number of hydrogen-bond acceptors (Lipinski definition) is 4. The van der Waals surface area contributed by atoms with Gasteiger partial charge in [0.15, 0.2) is 5.75 Å². The largest absolute Gasteiger partial charge is 0.493 e. The Morgan fingerprint density at radius 3 is 2.68 bits per heavy atom. The van der Waals surface area contributed by atoms with Crippen molar-refractivity contribution >= 4 is 0 Å². The van der Waals surface area contributed by atoms with E-state index >= 15 is 0 Å². The summed E-state index contributed by atoms with van der Waals surface area (Å²) in [7, 11) is 3.42. The molecule has 2 unspecified atom stereocenters. The van der Waals surface area contributed by atoms with Crippen LogP contribution in [0.5, 0.6) is 5.75 Å².